The molecule has 86 valence electrons. The van der Waals surface area contributed by atoms with Crippen molar-refractivity contribution in [2.75, 3.05) is 5.32 Å². The van der Waals surface area contributed by atoms with Crippen LogP contribution in [0.2, 0.25) is 0 Å². The van der Waals surface area contributed by atoms with Crippen LogP contribution in [0.5, 0.6) is 0 Å². The summed E-state index contributed by atoms with van der Waals surface area (Å²) in [5.41, 5.74) is 2.76. The van der Waals surface area contributed by atoms with E-state index in [0.29, 0.717) is 6.42 Å². The Hall–Kier alpha value is -2.29. The standard InChI is InChI=1S/C14H14N2O/c1-2-11-4-3-5-13(8-11)16-14(17)9-12-6-7-15-10-12/h2-8,10,15H,1,9H2,(H,16,17). The minimum Gasteiger partial charge on any atom is -0.367 e. The SMILES string of the molecule is C=Cc1cccc(NC(=O)Cc2cc[nH]c2)c1. The number of hydrogen-bond acceptors (Lipinski definition) is 1. The molecule has 1 amide bonds. The summed E-state index contributed by atoms with van der Waals surface area (Å²) in [6, 6.07) is 9.47. The summed E-state index contributed by atoms with van der Waals surface area (Å²) >= 11 is 0. The second-order valence-corrected chi connectivity index (χ2v) is 3.77. The molecule has 17 heavy (non-hydrogen) atoms. The van der Waals surface area contributed by atoms with Crippen molar-refractivity contribution >= 4 is 17.7 Å². The van der Waals surface area contributed by atoms with Crippen molar-refractivity contribution in [3.05, 3.63) is 60.4 Å². The van der Waals surface area contributed by atoms with Crippen LogP contribution < -0.4 is 5.32 Å². The minimum atomic E-state index is -0.0224. The highest BCUT2D eigenvalue weighted by Gasteiger charge is 2.04. The molecule has 0 spiro atoms. The molecule has 3 nitrogen and oxygen atoms in total. The monoisotopic (exact) mass is 226 g/mol. The van der Waals surface area contributed by atoms with Crippen LogP contribution in [0, 0.1) is 0 Å². The fraction of sp³-hybridized carbons (Fsp3) is 0.0714. The van der Waals surface area contributed by atoms with Gasteiger partial charge >= 0.3 is 0 Å². The Bertz CT molecular complexity index is 515. The van der Waals surface area contributed by atoms with Crippen molar-refractivity contribution in [2.45, 2.75) is 6.42 Å². The quantitative estimate of drug-likeness (QED) is 0.827. The summed E-state index contributed by atoms with van der Waals surface area (Å²) in [6.07, 6.45) is 5.75. The van der Waals surface area contributed by atoms with E-state index in [9.17, 15) is 4.79 Å². The van der Waals surface area contributed by atoms with Crippen molar-refractivity contribution in [1.82, 2.24) is 4.98 Å². The van der Waals surface area contributed by atoms with Crippen molar-refractivity contribution in [3.8, 4) is 0 Å². The number of H-pyrrole nitrogens is 1. The number of carbonyl (C=O) groups is 1. The van der Waals surface area contributed by atoms with Gasteiger partial charge in [-0.2, -0.15) is 0 Å². The summed E-state index contributed by atoms with van der Waals surface area (Å²) in [5.74, 6) is -0.0224. The number of benzene rings is 1. The van der Waals surface area contributed by atoms with Crippen molar-refractivity contribution < 1.29 is 4.79 Å². The highest BCUT2D eigenvalue weighted by molar-refractivity contribution is 5.92. The van der Waals surface area contributed by atoms with Crippen LogP contribution in [0.4, 0.5) is 5.69 Å². The van der Waals surface area contributed by atoms with Crippen LogP contribution in [-0.4, -0.2) is 10.9 Å². The molecule has 1 aromatic heterocycles. The van der Waals surface area contributed by atoms with Gasteiger partial charge in [0.25, 0.3) is 0 Å². The van der Waals surface area contributed by atoms with Crippen molar-refractivity contribution in [1.29, 1.82) is 0 Å². The zero-order valence-corrected chi connectivity index (χ0v) is 9.44. The normalized spacial score (nSPS) is 9.88. The molecule has 0 aliphatic rings. The molecule has 2 aromatic rings. The first-order chi connectivity index (χ1) is 8.28. The van der Waals surface area contributed by atoms with Gasteiger partial charge < -0.3 is 10.3 Å². The second kappa shape index (κ2) is 5.16. The number of carbonyl (C=O) groups excluding carboxylic acids is 1. The predicted molar refractivity (Wildman–Crippen MR) is 69.7 cm³/mol. The van der Waals surface area contributed by atoms with Gasteiger partial charge in [0.05, 0.1) is 6.42 Å². The Morgan fingerprint density at radius 1 is 1.41 bits per heavy atom. The third-order valence-corrected chi connectivity index (χ3v) is 2.43. The lowest BCUT2D eigenvalue weighted by Gasteiger charge is -2.05. The van der Waals surface area contributed by atoms with Gasteiger partial charge in [0.15, 0.2) is 0 Å². The summed E-state index contributed by atoms with van der Waals surface area (Å²) in [4.78, 5) is 14.7. The fourth-order valence-corrected chi connectivity index (χ4v) is 1.60. The Labute approximate surface area is 100 Å². The summed E-state index contributed by atoms with van der Waals surface area (Å²) in [7, 11) is 0. The summed E-state index contributed by atoms with van der Waals surface area (Å²) < 4.78 is 0. The van der Waals surface area contributed by atoms with E-state index in [2.05, 4.69) is 16.9 Å². The van der Waals surface area contributed by atoms with E-state index in [4.69, 9.17) is 0 Å². The van der Waals surface area contributed by atoms with E-state index < -0.39 is 0 Å². The van der Waals surface area contributed by atoms with E-state index in [1.807, 2.05) is 36.5 Å². The van der Waals surface area contributed by atoms with E-state index in [1.165, 1.54) is 0 Å². The number of rotatable bonds is 4. The van der Waals surface area contributed by atoms with Gasteiger partial charge in [0.2, 0.25) is 5.91 Å². The maximum atomic E-state index is 11.7. The van der Waals surface area contributed by atoms with Crippen LogP contribution in [-0.2, 0) is 11.2 Å². The zero-order chi connectivity index (χ0) is 12.1. The molecule has 0 saturated carbocycles. The van der Waals surface area contributed by atoms with Gasteiger partial charge in [-0.25, -0.2) is 0 Å². The van der Waals surface area contributed by atoms with Crippen LogP contribution in [0.1, 0.15) is 11.1 Å². The molecule has 0 saturated heterocycles. The summed E-state index contributed by atoms with van der Waals surface area (Å²) in [5, 5.41) is 2.85. The maximum absolute atomic E-state index is 11.7. The molecule has 2 rings (SSSR count). The molecular formula is C14H14N2O. The molecule has 0 radical (unpaired) electrons. The van der Waals surface area contributed by atoms with Gasteiger partial charge in [-0.05, 0) is 29.3 Å². The topological polar surface area (TPSA) is 44.9 Å². The second-order valence-electron chi connectivity index (χ2n) is 3.77. The van der Waals surface area contributed by atoms with Gasteiger partial charge in [0.1, 0.15) is 0 Å². The van der Waals surface area contributed by atoms with Gasteiger partial charge in [-0.15, -0.1) is 0 Å². The molecule has 0 unspecified atom stereocenters. The molecule has 1 heterocycles. The predicted octanol–water partition coefficient (Wildman–Crippen LogP) is 2.84. The van der Waals surface area contributed by atoms with E-state index in [-0.39, 0.29) is 5.91 Å². The maximum Gasteiger partial charge on any atom is 0.228 e. The van der Waals surface area contributed by atoms with E-state index in [0.717, 1.165) is 16.8 Å². The average Bonchev–Trinajstić information content (AvgIpc) is 2.82. The Kier molecular flexibility index (Phi) is 3.40. The third kappa shape index (κ3) is 3.08. The number of amides is 1. The minimum absolute atomic E-state index is 0.0224. The van der Waals surface area contributed by atoms with Crippen LogP contribution in [0.25, 0.3) is 6.08 Å². The van der Waals surface area contributed by atoms with Crippen molar-refractivity contribution in [3.63, 3.8) is 0 Å². The first-order valence-corrected chi connectivity index (χ1v) is 5.42. The molecule has 0 aliphatic carbocycles. The Morgan fingerprint density at radius 3 is 3.00 bits per heavy atom. The van der Waals surface area contributed by atoms with Crippen LogP contribution in [0.15, 0.2) is 49.3 Å². The molecule has 0 fully saturated rings. The fourth-order valence-electron chi connectivity index (χ4n) is 1.60. The van der Waals surface area contributed by atoms with Crippen molar-refractivity contribution in [2.24, 2.45) is 0 Å². The molecule has 0 bridgehead atoms. The molecule has 2 N–H and O–H groups in total. The lowest BCUT2D eigenvalue weighted by molar-refractivity contribution is -0.115. The molecule has 0 atom stereocenters. The Balaban J connectivity index is 2.00. The highest BCUT2D eigenvalue weighted by Crippen LogP contribution is 2.12. The summed E-state index contributed by atoms with van der Waals surface area (Å²) in [6.45, 7) is 3.70. The largest absolute Gasteiger partial charge is 0.367 e. The highest BCUT2D eigenvalue weighted by atomic mass is 16.1. The van der Waals surface area contributed by atoms with Gasteiger partial charge in [-0.1, -0.05) is 24.8 Å². The number of aromatic nitrogens is 1. The zero-order valence-electron chi connectivity index (χ0n) is 9.44. The first-order valence-electron chi connectivity index (χ1n) is 5.42. The molecular weight excluding hydrogens is 212 g/mol. The molecule has 1 aromatic carbocycles. The number of nitrogens with one attached hydrogen (secondary N) is 2. The lowest BCUT2D eigenvalue weighted by atomic mass is 10.2. The first kappa shape index (κ1) is 11.2. The van der Waals surface area contributed by atoms with Crippen LogP contribution in [0.3, 0.4) is 0 Å². The third-order valence-electron chi connectivity index (χ3n) is 2.43. The van der Waals surface area contributed by atoms with Gasteiger partial charge in [0, 0.05) is 18.1 Å². The average molecular weight is 226 g/mol. The number of anilines is 1. The molecule has 3 heteroatoms. The number of hydrogen-bond donors (Lipinski definition) is 2. The van der Waals surface area contributed by atoms with Gasteiger partial charge in [-0.3, -0.25) is 4.79 Å². The molecule has 0 aliphatic heterocycles. The van der Waals surface area contributed by atoms with Crippen LogP contribution >= 0.6 is 0 Å². The lowest BCUT2D eigenvalue weighted by Crippen LogP contribution is -2.13. The smallest absolute Gasteiger partial charge is 0.228 e. The number of aromatic amines is 1. The van der Waals surface area contributed by atoms with E-state index in [1.54, 1.807) is 12.3 Å². The Morgan fingerprint density at radius 2 is 2.29 bits per heavy atom. The van der Waals surface area contributed by atoms with E-state index >= 15 is 0 Å².